The Kier molecular flexibility index (Phi) is 5.94. The minimum Gasteiger partial charge on any atom is -0.379 e. The van der Waals surface area contributed by atoms with Crippen molar-refractivity contribution in [1.29, 1.82) is 0 Å². The van der Waals surface area contributed by atoms with E-state index >= 15 is 0 Å². The lowest BCUT2D eigenvalue weighted by molar-refractivity contribution is 0.436. The molecule has 24 heavy (non-hydrogen) atoms. The summed E-state index contributed by atoms with van der Waals surface area (Å²) in [5, 5.41) is 6.38. The number of thiophene rings is 2. The lowest BCUT2D eigenvalue weighted by atomic mass is 10.1. The largest absolute Gasteiger partial charge is 0.379 e. The summed E-state index contributed by atoms with van der Waals surface area (Å²) in [6, 6.07) is 5.64. The number of hydrogen-bond donors (Lipinski definition) is 2. The fourth-order valence-electron chi connectivity index (χ4n) is 2.39. The number of hydrogen-bond acceptors (Lipinski definition) is 5. The van der Waals surface area contributed by atoms with E-state index < -0.39 is 6.67 Å². The highest BCUT2D eigenvalue weighted by Crippen LogP contribution is 2.40. The van der Waals surface area contributed by atoms with Gasteiger partial charge in [0.2, 0.25) is 0 Å². The molecule has 3 rings (SSSR count). The number of nitrogens with two attached hydrogens (primary N) is 1. The molecule has 3 nitrogen and oxygen atoms in total. The third kappa shape index (κ3) is 4.00. The normalized spacial score (nSPS) is 12.7. The molecule has 3 heterocycles. The summed E-state index contributed by atoms with van der Waals surface area (Å²) in [4.78, 5) is 6.49. The van der Waals surface area contributed by atoms with Crippen molar-refractivity contribution in [3.63, 3.8) is 0 Å². The Morgan fingerprint density at radius 2 is 2.21 bits per heavy atom. The van der Waals surface area contributed by atoms with Crippen molar-refractivity contribution in [2.24, 2.45) is 5.73 Å². The molecule has 3 aromatic heterocycles. The van der Waals surface area contributed by atoms with E-state index in [0.29, 0.717) is 35.1 Å². The smallest absolute Gasteiger partial charge is 0.131 e. The summed E-state index contributed by atoms with van der Waals surface area (Å²) in [5.41, 5.74) is 7.52. The zero-order valence-electron chi connectivity index (χ0n) is 12.7. The Hall–Kier alpha value is -0.920. The van der Waals surface area contributed by atoms with E-state index in [1.165, 1.54) is 16.2 Å². The van der Waals surface area contributed by atoms with Gasteiger partial charge in [0, 0.05) is 28.4 Å². The number of fused-ring (bicyclic) bond motifs is 1. The van der Waals surface area contributed by atoms with Crippen LogP contribution in [-0.2, 0) is 13.0 Å². The summed E-state index contributed by atoms with van der Waals surface area (Å²) in [6.07, 6.45) is 0.855. The molecule has 0 aliphatic carbocycles. The summed E-state index contributed by atoms with van der Waals surface area (Å²) in [6.45, 7) is 0.278. The molecule has 0 radical (unpaired) electrons. The van der Waals surface area contributed by atoms with Crippen molar-refractivity contribution in [3.05, 3.63) is 43.5 Å². The molecule has 0 saturated heterocycles. The number of rotatable bonds is 7. The fourth-order valence-corrected chi connectivity index (χ4v) is 4.83. The van der Waals surface area contributed by atoms with Crippen LogP contribution in [0, 0.1) is 0 Å². The third-order valence-electron chi connectivity index (χ3n) is 3.58. The van der Waals surface area contributed by atoms with Crippen molar-refractivity contribution < 1.29 is 4.39 Å². The Bertz CT molecular complexity index is 820. The molecule has 3 N–H and O–H groups in total. The summed E-state index contributed by atoms with van der Waals surface area (Å²) in [7, 11) is 0. The standard InChI is InChI=1S/C16H16Cl2FN3S2/c17-13-7-11(21-8-10-2-1-5-23-10)16-15(22-13)14(18)12(24-16)6-9(20)3-4-19/h1-2,5,7,9H,3-4,6,8,20H2,(H,21,22)/t9-/m0/s1. The maximum Gasteiger partial charge on any atom is 0.131 e. The second-order valence-electron chi connectivity index (χ2n) is 5.38. The maximum absolute atomic E-state index is 12.5. The van der Waals surface area contributed by atoms with E-state index in [0.717, 1.165) is 15.3 Å². The molecule has 0 spiro atoms. The first-order valence-electron chi connectivity index (χ1n) is 7.43. The van der Waals surface area contributed by atoms with Gasteiger partial charge >= 0.3 is 0 Å². The predicted molar refractivity (Wildman–Crippen MR) is 104 cm³/mol. The number of aromatic nitrogens is 1. The van der Waals surface area contributed by atoms with E-state index in [-0.39, 0.29) is 6.04 Å². The second-order valence-corrected chi connectivity index (χ2v) is 8.29. The Balaban J connectivity index is 1.91. The monoisotopic (exact) mass is 403 g/mol. The summed E-state index contributed by atoms with van der Waals surface area (Å²) < 4.78 is 13.4. The number of halogens is 3. The Morgan fingerprint density at radius 1 is 1.38 bits per heavy atom. The number of pyridine rings is 1. The number of nitrogens with zero attached hydrogens (tertiary/aromatic N) is 1. The van der Waals surface area contributed by atoms with Gasteiger partial charge in [-0.2, -0.15) is 0 Å². The van der Waals surface area contributed by atoms with Crippen LogP contribution < -0.4 is 11.1 Å². The molecule has 0 unspecified atom stereocenters. The van der Waals surface area contributed by atoms with Crippen molar-refractivity contribution in [2.45, 2.75) is 25.4 Å². The number of anilines is 1. The van der Waals surface area contributed by atoms with Crippen LogP contribution in [0.15, 0.2) is 23.6 Å². The van der Waals surface area contributed by atoms with Gasteiger partial charge in [-0.15, -0.1) is 22.7 Å². The van der Waals surface area contributed by atoms with Crippen LogP contribution in [0.3, 0.4) is 0 Å². The minimum absolute atomic E-state index is 0.251. The van der Waals surface area contributed by atoms with Gasteiger partial charge in [-0.05, 0) is 24.3 Å². The quantitative estimate of drug-likeness (QED) is 0.511. The molecule has 0 aliphatic heterocycles. The molecule has 0 aliphatic rings. The molecular weight excluding hydrogens is 388 g/mol. The average molecular weight is 404 g/mol. The van der Waals surface area contributed by atoms with E-state index in [1.807, 2.05) is 11.4 Å². The first-order chi connectivity index (χ1) is 11.6. The number of alkyl halides is 1. The Labute approximate surface area is 157 Å². The van der Waals surface area contributed by atoms with Gasteiger partial charge in [-0.1, -0.05) is 29.3 Å². The topological polar surface area (TPSA) is 50.9 Å². The van der Waals surface area contributed by atoms with E-state index in [1.54, 1.807) is 17.4 Å². The van der Waals surface area contributed by atoms with Crippen LogP contribution in [0.25, 0.3) is 10.2 Å². The van der Waals surface area contributed by atoms with Gasteiger partial charge in [0.25, 0.3) is 0 Å². The SMILES string of the molecule is N[C@@H](CCF)Cc1sc2c(NCc3cccs3)cc(Cl)nc2c1Cl. The van der Waals surface area contributed by atoms with Crippen molar-refractivity contribution in [2.75, 3.05) is 12.0 Å². The second kappa shape index (κ2) is 7.97. The van der Waals surface area contributed by atoms with Crippen LogP contribution in [-0.4, -0.2) is 17.7 Å². The summed E-state index contributed by atoms with van der Waals surface area (Å²) >= 11 is 15.8. The molecular formula is C16H16Cl2FN3S2. The molecule has 128 valence electrons. The zero-order valence-corrected chi connectivity index (χ0v) is 15.8. The molecule has 0 saturated carbocycles. The summed E-state index contributed by atoms with van der Waals surface area (Å²) in [5.74, 6) is 0. The molecule has 0 bridgehead atoms. The van der Waals surface area contributed by atoms with Gasteiger partial charge in [0.1, 0.15) is 10.7 Å². The van der Waals surface area contributed by atoms with Crippen LogP contribution in [0.2, 0.25) is 10.2 Å². The van der Waals surface area contributed by atoms with Gasteiger partial charge < -0.3 is 11.1 Å². The van der Waals surface area contributed by atoms with Crippen molar-refractivity contribution in [3.8, 4) is 0 Å². The van der Waals surface area contributed by atoms with Crippen LogP contribution in [0.1, 0.15) is 16.2 Å². The molecule has 0 fully saturated rings. The van der Waals surface area contributed by atoms with Crippen LogP contribution >= 0.6 is 45.9 Å². The molecule has 0 amide bonds. The van der Waals surface area contributed by atoms with Gasteiger partial charge in [-0.25, -0.2) is 4.98 Å². The zero-order chi connectivity index (χ0) is 17.1. The Morgan fingerprint density at radius 3 is 2.92 bits per heavy atom. The van der Waals surface area contributed by atoms with E-state index in [9.17, 15) is 4.39 Å². The highest BCUT2D eigenvalue weighted by molar-refractivity contribution is 7.20. The lowest BCUT2D eigenvalue weighted by Gasteiger charge is -2.07. The average Bonchev–Trinajstić information content (AvgIpc) is 3.15. The third-order valence-corrected chi connectivity index (χ3v) is 6.40. The van der Waals surface area contributed by atoms with Crippen molar-refractivity contribution >= 4 is 61.8 Å². The first-order valence-corrected chi connectivity index (χ1v) is 9.89. The van der Waals surface area contributed by atoms with Crippen molar-refractivity contribution in [1.82, 2.24) is 4.98 Å². The van der Waals surface area contributed by atoms with E-state index in [4.69, 9.17) is 28.9 Å². The van der Waals surface area contributed by atoms with Crippen LogP contribution in [0.4, 0.5) is 10.1 Å². The van der Waals surface area contributed by atoms with Crippen LogP contribution in [0.5, 0.6) is 0 Å². The van der Waals surface area contributed by atoms with Gasteiger partial charge in [0.05, 0.1) is 22.1 Å². The highest BCUT2D eigenvalue weighted by Gasteiger charge is 2.18. The molecule has 0 aromatic carbocycles. The first kappa shape index (κ1) is 17.9. The molecule has 8 heteroatoms. The predicted octanol–water partition coefficient (Wildman–Crippen LogP) is 5.51. The highest BCUT2D eigenvalue weighted by atomic mass is 35.5. The number of nitrogens with one attached hydrogen (secondary N) is 1. The van der Waals surface area contributed by atoms with E-state index in [2.05, 4.69) is 16.4 Å². The van der Waals surface area contributed by atoms with Gasteiger partial charge in [-0.3, -0.25) is 4.39 Å². The van der Waals surface area contributed by atoms with Gasteiger partial charge in [0.15, 0.2) is 0 Å². The molecule has 3 aromatic rings. The maximum atomic E-state index is 12.5. The minimum atomic E-state index is -0.429. The lowest BCUT2D eigenvalue weighted by Crippen LogP contribution is -2.22. The fraction of sp³-hybridized carbons (Fsp3) is 0.312. The molecule has 1 atom stereocenters.